The average molecular weight is 399 g/mol. The van der Waals surface area contributed by atoms with Crippen LogP contribution in [0.15, 0.2) is 30.0 Å². The van der Waals surface area contributed by atoms with Crippen molar-refractivity contribution in [2.75, 3.05) is 26.7 Å². The van der Waals surface area contributed by atoms with Crippen molar-refractivity contribution in [3.63, 3.8) is 0 Å². The molecule has 0 radical (unpaired) electrons. The normalized spacial score (nSPS) is 24.0. The van der Waals surface area contributed by atoms with Crippen LogP contribution in [0.3, 0.4) is 0 Å². The van der Waals surface area contributed by atoms with Crippen LogP contribution in [0, 0.1) is 11.8 Å². The average Bonchev–Trinajstić information content (AvgIpc) is 3.47. The maximum absolute atomic E-state index is 12.6. The number of urea groups is 1. The Morgan fingerprint density at radius 3 is 2.41 bits per heavy atom. The van der Waals surface area contributed by atoms with Crippen LogP contribution in [0.4, 0.5) is 4.79 Å². The van der Waals surface area contributed by atoms with Gasteiger partial charge in [0.05, 0.1) is 19.1 Å². The lowest BCUT2D eigenvalue weighted by Crippen LogP contribution is -2.58. The summed E-state index contributed by atoms with van der Waals surface area (Å²) < 4.78 is 5.29. The van der Waals surface area contributed by atoms with E-state index >= 15 is 0 Å². The van der Waals surface area contributed by atoms with Crippen molar-refractivity contribution in [1.82, 2.24) is 15.1 Å². The van der Waals surface area contributed by atoms with Crippen molar-refractivity contribution in [1.29, 1.82) is 0 Å². The number of hydrogen-bond acceptors (Lipinski definition) is 4. The van der Waals surface area contributed by atoms with Crippen LogP contribution in [0.5, 0.6) is 5.75 Å². The van der Waals surface area contributed by atoms with Crippen LogP contribution >= 0.6 is 0 Å². The summed E-state index contributed by atoms with van der Waals surface area (Å²) in [6, 6.07) is 7.75. The van der Waals surface area contributed by atoms with E-state index in [1.807, 2.05) is 43.0 Å². The van der Waals surface area contributed by atoms with E-state index in [1.54, 1.807) is 7.11 Å². The zero-order chi connectivity index (χ0) is 20.7. The van der Waals surface area contributed by atoms with Gasteiger partial charge in [-0.25, -0.2) is 4.79 Å². The summed E-state index contributed by atoms with van der Waals surface area (Å²) in [5.41, 5.74) is 9.25. The number of nitrogens with one attached hydrogen (secondary N) is 1. The predicted octanol–water partition coefficient (Wildman–Crippen LogP) is 2.04. The molecule has 1 aromatic carbocycles. The second kappa shape index (κ2) is 7.61. The van der Waals surface area contributed by atoms with Crippen LogP contribution in [0.1, 0.15) is 32.3 Å². The molecule has 1 aliphatic carbocycles. The van der Waals surface area contributed by atoms with Gasteiger partial charge in [0.2, 0.25) is 5.91 Å². The fraction of sp³-hybridized carbons (Fsp3) is 0.545. The van der Waals surface area contributed by atoms with E-state index in [4.69, 9.17) is 10.5 Å². The zero-order valence-electron chi connectivity index (χ0n) is 17.4. The Labute approximate surface area is 171 Å². The summed E-state index contributed by atoms with van der Waals surface area (Å²) >= 11 is 0. The first-order chi connectivity index (χ1) is 13.9. The van der Waals surface area contributed by atoms with Gasteiger partial charge in [-0.1, -0.05) is 12.1 Å². The molecule has 29 heavy (non-hydrogen) atoms. The van der Waals surface area contributed by atoms with E-state index in [0.29, 0.717) is 19.0 Å². The molecule has 4 rings (SSSR count). The van der Waals surface area contributed by atoms with Crippen molar-refractivity contribution in [2.45, 2.75) is 38.8 Å². The van der Waals surface area contributed by atoms with E-state index in [2.05, 4.69) is 10.2 Å². The minimum Gasteiger partial charge on any atom is -0.497 e. The van der Waals surface area contributed by atoms with Crippen LogP contribution in [-0.4, -0.2) is 60.6 Å². The molecule has 3 amide bonds. The summed E-state index contributed by atoms with van der Waals surface area (Å²) in [6.07, 6.45) is 2.28. The molecule has 2 unspecified atom stereocenters. The number of primary amides is 1. The van der Waals surface area contributed by atoms with Crippen LogP contribution in [-0.2, 0) is 4.79 Å². The van der Waals surface area contributed by atoms with Gasteiger partial charge in [0.15, 0.2) is 0 Å². The Morgan fingerprint density at radius 1 is 1.17 bits per heavy atom. The van der Waals surface area contributed by atoms with Gasteiger partial charge in [-0.15, -0.1) is 0 Å². The highest BCUT2D eigenvalue weighted by atomic mass is 16.5. The molecule has 2 fully saturated rings. The topological polar surface area (TPSA) is 87.9 Å². The van der Waals surface area contributed by atoms with Crippen molar-refractivity contribution >= 4 is 17.5 Å². The number of rotatable bonds is 5. The SMILES string of the molecule is COc1ccc(C2=C(C3CC3)N3CCN(C(=O)NC(C)C)CC3C2C(N)=O)cc1. The number of nitrogens with two attached hydrogens (primary N) is 1. The molecule has 3 aliphatic rings. The van der Waals surface area contributed by atoms with E-state index in [1.165, 1.54) is 5.70 Å². The molecule has 2 heterocycles. The molecule has 1 saturated heterocycles. The lowest BCUT2D eigenvalue weighted by atomic mass is 9.87. The van der Waals surface area contributed by atoms with Crippen LogP contribution in [0.25, 0.3) is 5.57 Å². The third-order valence-electron chi connectivity index (χ3n) is 6.07. The standard InChI is InChI=1S/C22H30N4O3/c1-13(2)24-22(28)25-10-11-26-17(12-25)19(21(23)27)18(20(26)15-4-5-15)14-6-8-16(29-3)9-7-14/h6-9,13,15,17,19H,4-5,10-12H2,1-3H3,(H2,23,27)(H,24,28). The van der Waals surface area contributed by atoms with Gasteiger partial charge < -0.3 is 25.6 Å². The summed E-state index contributed by atoms with van der Waals surface area (Å²) in [4.78, 5) is 29.4. The molecule has 0 bridgehead atoms. The van der Waals surface area contributed by atoms with Gasteiger partial charge in [0, 0.05) is 31.4 Å². The molecule has 1 saturated carbocycles. The summed E-state index contributed by atoms with van der Waals surface area (Å²) in [7, 11) is 1.64. The van der Waals surface area contributed by atoms with Crippen LogP contribution < -0.4 is 15.8 Å². The van der Waals surface area contributed by atoms with E-state index < -0.39 is 5.92 Å². The summed E-state index contributed by atoms with van der Waals surface area (Å²) in [5, 5.41) is 2.96. The van der Waals surface area contributed by atoms with E-state index in [9.17, 15) is 9.59 Å². The number of allylic oxidation sites excluding steroid dienone is 1. The smallest absolute Gasteiger partial charge is 0.317 e. The first kappa shape index (κ1) is 19.6. The Hall–Kier alpha value is -2.70. The highest BCUT2D eigenvalue weighted by Gasteiger charge is 2.50. The third kappa shape index (κ3) is 3.66. The molecular formula is C22H30N4O3. The van der Waals surface area contributed by atoms with Crippen molar-refractivity contribution in [3.05, 3.63) is 35.5 Å². The van der Waals surface area contributed by atoms with E-state index in [0.717, 1.165) is 36.3 Å². The maximum atomic E-state index is 12.6. The number of hydrogen-bond donors (Lipinski definition) is 2. The molecule has 7 heteroatoms. The Kier molecular flexibility index (Phi) is 5.15. The molecule has 0 aromatic heterocycles. The number of nitrogens with zero attached hydrogens (tertiary/aromatic N) is 2. The molecule has 156 valence electrons. The molecule has 7 nitrogen and oxygen atoms in total. The van der Waals surface area contributed by atoms with Gasteiger partial charge in [0.1, 0.15) is 5.75 Å². The van der Waals surface area contributed by atoms with Crippen LogP contribution in [0.2, 0.25) is 0 Å². The third-order valence-corrected chi connectivity index (χ3v) is 6.07. The van der Waals surface area contributed by atoms with Crippen molar-refractivity contribution in [3.8, 4) is 5.75 Å². The number of methoxy groups -OCH3 is 1. The molecular weight excluding hydrogens is 368 g/mol. The lowest BCUT2D eigenvalue weighted by Gasteiger charge is -2.41. The Bertz CT molecular complexity index is 829. The van der Waals surface area contributed by atoms with Gasteiger partial charge in [-0.3, -0.25) is 4.79 Å². The second-order valence-corrected chi connectivity index (χ2v) is 8.49. The fourth-order valence-corrected chi connectivity index (χ4v) is 4.66. The Balaban J connectivity index is 1.68. The zero-order valence-corrected chi connectivity index (χ0v) is 17.4. The number of ether oxygens (including phenoxy) is 1. The highest BCUT2D eigenvalue weighted by molar-refractivity contribution is 5.94. The number of carbonyl (C=O) groups excluding carboxylic acids is 2. The molecule has 1 aromatic rings. The fourth-order valence-electron chi connectivity index (χ4n) is 4.66. The monoisotopic (exact) mass is 398 g/mol. The molecule has 0 spiro atoms. The molecule has 2 aliphatic heterocycles. The Morgan fingerprint density at radius 2 is 1.86 bits per heavy atom. The predicted molar refractivity (Wildman–Crippen MR) is 111 cm³/mol. The number of carbonyl (C=O) groups is 2. The van der Waals surface area contributed by atoms with Gasteiger partial charge in [0.25, 0.3) is 0 Å². The van der Waals surface area contributed by atoms with Crippen molar-refractivity contribution in [2.24, 2.45) is 17.6 Å². The quantitative estimate of drug-likeness (QED) is 0.795. The summed E-state index contributed by atoms with van der Waals surface area (Å²) in [5.74, 6) is 0.515. The second-order valence-electron chi connectivity index (χ2n) is 8.49. The summed E-state index contributed by atoms with van der Waals surface area (Å²) in [6.45, 7) is 5.77. The number of benzene rings is 1. The number of fused-ring (bicyclic) bond motifs is 1. The number of amides is 3. The van der Waals surface area contributed by atoms with E-state index in [-0.39, 0.29) is 24.0 Å². The number of piperazine rings is 1. The maximum Gasteiger partial charge on any atom is 0.317 e. The minimum atomic E-state index is -0.423. The molecule has 3 N–H and O–H groups in total. The largest absolute Gasteiger partial charge is 0.497 e. The van der Waals surface area contributed by atoms with Gasteiger partial charge >= 0.3 is 6.03 Å². The van der Waals surface area contributed by atoms with Crippen molar-refractivity contribution < 1.29 is 14.3 Å². The lowest BCUT2D eigenvalue weighted by molar-refractivity contribution is -0.121. The highest BCUT2D eigenvalue weighted by Crippen LogP contribution is 2.51. The molecule has 2 atom stereocenters. The first-order valence-electron chi connectivity index (χ1n) is 10.4. The van der Waals surface area contributed by atoms with Gasteiger partial charge in [-0.2, -0.15) is 0 Å². The first-order valence-corrected chi connectivity index (χ1v) is 10.4. The minimum absolute atomic E-state index is 0.0751. The van der Waals surface area contributed by atoms with Gasteiger partial charge in [-0.05, 0) is 55.9 Å².